The van der Waals surface area contributed by atoms with Crippen LogP contribution in [0, 0.1) is 6.92 Å². The summed E-state index contributed by atoms with van der Waals surface area (Å²) in [7, 11) is 1.88. The van der Waals surface area contributed by atoms with Gasteiger partial charge in [0.1, 0.15) is 0 Å². The van der Waals surface area contributed by atoms with Crippen LogP contribution in [0.2, 0.25) is 0 Å². The summed E-state index contributed by atoms with van der Waals surface area (Å²) in [5, 5.41) is 4.07. The quantitative estimate of drug-likeness (QED) is 0.553. The van der Waals surface area contributed by atoms with Crippen LogP contribution in [0.25, 0.3) is 0 Å². The predicted molar refractivity (Wildman–Crippen MR) is 40.4 cm³/mol. The average Bonchev–Trinajstić information content (AvgIpc) is 2.10. The Labute approximate surface area is 62.7 Å². The molecule has 0 aliphatic heterocycles. The fourth-order valence-electron chi connectivity index (χ4n) is 0.556. The first-order chi connectivity index (χ1) is 4.24. The molecule has 0 radical (unpaired) electrons. The van der Waals surface area contributed by atoms with Crippen LogP contribution in [-0.2, 0) is 7.05 Å². The monoisotopic (exact) mass is 161 g/mol. The lowest BCUT2D eigenvalue weighted by atomic mass is 10.6. The fourth-order valence-corrected chi connectivity index (χ4v) is 1.43. The second-order valence-corrected chi connectivity index (χ2v) is 2.94. The van der Waals surface area contributed by atoms with Crippen molar-refractivity contribution >= 4 is 24.3 Å². The summed E-state index contributed by atoms with van der Waals surface area (Å²) in [6.07, 6.45) is 0. The number of thiol groups is 1. The fraction of sp³-hybridized carbons (Fsp3) is 0.500. The third kappa shape index (κ3) is 1.34. The highest BCUT2D eigenvalue weighted by atomic mass is 32.1. The lowest BCUT2D eigenvalue weighted by Gasteiger charge is -1.77. The summed E-state index contributed by atoms with van der Waals surface area (Å²) in [6, 6.07) is 0. The Bertz CT molecular complexity index is 259. The summed E-state index contributed by atoms with van der Waals surface area (Å²) >= 11 is 5.25. The molecule has 0 fully saturated rings. The van der Waals surface area contributed by atoms with Gasteiger partial charge in [0, 0.05) is 7.05 Å². The smallest absolute Gasteiger partial charge is 0.165 e. The van der Waals surface area contributed by atoms with Gasteiger partial charge in [-0.25, -0.2) is 8.47 Å². The summed E-state index contributed by atoms with van der Waals surface area (Å²) in [6.45, 7) is 1.91. The topological polar surface area (TPSA) is 30.2 Å². The van der Waals surface area contributed by atoms with Crippen LogP contribution in [-0.4, -0.2) is 9.17 Å². The molecule has 0 saturated carbocycles. The molecule has 1 aromatic heterocycles. The van der Waals surface area contributed by atoms with E-state index in [0.717, 1.165) is 10.4 Å². The number of aryl methyl sites for hydroxylation is 2. The molecular weight excluding hydrogens is 154 g/mol. The molecule has 0 aliphatic rings. The zero-order valence-electron chi connectivity index (χ0n) is 5.20. The Morgan fingerprint density at radius 2 is 2.44 bits per heavy atom. The Morgan fingerprint density at radius 1 is 1.78 bits per heavy atom. The number of hydrogen-bond acceptors (Lipinski definition) is 4. The summed E-state index contributed by atoms with van der Waals surface area (Å²) in [5.41, 5.74) is 0.928. The number of nitrogens with zero attached hydrogens (tertiary/aromatic N) is 3. The van der Waals surface area contributed by atoms with Gasteiger partial charge in [-0.3, -0.25) is 0 Å². The van der Waals surface area contributed by atoms with Crippen molar-refractivity contribution in [3.8, 4) is 0 Å². The largest absolute Gasteiger partial charge is 0.220 e. The maximum atomic E-state index is 4.07. The van der Waals surface area contributed by atoms with Crippen LogP contribution in [0.4, 0.5) is 0 Å². The van der Waals surface area contributed by atoms with Gasteiger partial charge >= 0.3 is 0 Å². The molecule has 0 saturated heterocycles. The van der Waals surface area contributed by atoms with Crippen LogP contribution >= 0.6 is 24.3 Å². The third-order valence-corrected chi connectivity index (χ3v) is 2.15. The SMILES string of the molecule is Cc1nn(C)s/c1=N\S. The van der Waals surface area contributed by atoms with E-state index in [0.29, 0.717) is 0 Å². The molecule has 5 heteroatoms. The molecule has 0 unspecified atom stereocenters. The molecule has 3 nitrogen and oxygen atoms in total. The minimum atomic E-state index is 0.876. The van der Waals surface area contributed by atoms with Crippen molar-refractivity contribution in [2.75, 3.05) is 0 Å². The van der Waals surface area contributed by atoms with E-state index >= 15 is 0 Å². The molecule has 1 heterocycles. The van der Waals surface area contributed by atoms with E-state index in [9.17, 15) is 0 Å². The van der Waals surface area contributed by atoms with Gasteiger partial charge in [-0.05, 0) is 31.3 Å². The molecular formula is C4H7N3S2. The molecule has 9 heavy (non-hydrogen) atoms. The Morgan fingerprint density at radius 3 is 2.67 bits per heavy atom. The zero-order valence-corrected chi connectivity index (χ0v) is 6.91. The van der Waals surface area contributed by atoms with Crippen LogP contribution in [0.3, 0.4) is 0 Å². The van der Waals surface area contributed by atoms with E-state index < -0.39 is 0 Å². The van der Waals surface area contributed by atoms with E-state index in [1.165, 1.54) is 11.5 Å². The highest BCUT2D eigenvalue weighted by molar-refractivity contribution is 7.78. The van der Waals surface area contributed by atoms with Gasteiger partial charge in [-0.2, -0.15) is 5.10 Å². The number of rotatable bonds is 0. The van der Waals surface area contributed by atoms with E-state index in [2.05, 4.69) is 22.3 Å². The van der Waals surface area contributed by atoms with Gasteiger partial charge in [0.05, 0.1) is 5.69 Å². The highest BCUT2D eigenvalue weighted by Gasteiger charge is 1.93. The number of aromatic nitrogens is 2. The molecule has 0 aromatic carbocycles. The van der Waals surface area contributed by atoms with Gasteiger partial charge in [-0.15, -0.1) is 0 Å². The average molecular weight is 161 g/mol. The normalized spacial score (nSPS) is 12.6. The van der Waals surface area contributed by atoms with Crippen molar-refractivity contribution in [2.24, 2.45) is 11.4 Å². The first-order valence-corrected chi connectivity index (χ1v) is 3.60. The maximum absolute atomic E-state index is 4.07. The molecule has 1 aromatic rings. The zero-order chi connectivity index (χ0) is 6.85. The molecule has 0 amide bonds. The maximum Gasteiger partial charge on any atom is 0.165 e. The number of hydrogen-bond donors (Lipinski definition) is 1. The Balaban J connectivity index is 3.33. The van der Waals surface area contributed by atoms with E-state index in [-0.39, 0.29) is 0 Å². The third-order valence-electron chi connectivity index (χ3n) is 0.910. The Kier molecular flexibility index (Phi) is 1.92. The van der Waals surface area contributed by atoms with E-state index in [1.807, 2.05) is 14.0 Å². The lowest BCUT2D eigenvalue weighted by Crippen LogP contribution is -1.94. The van der Waals surface area contributed by atoms with Crippen molar-refractivity contribution in [2.45, 2.75) is 6.92 Å². The standard InChI is InChI=1S/C4H7N3S2/c1-3-4(6-8)9-7(2)5-3/h8H,1-2H3/b6-4-. The molecule has 0 bridgehead atoms. The summed E-state index contributed by atoms with van der Waals surface area (Å²) in [5.74, 6) is 0. The molecule has 0 atom stereocenters. The second kappa shape index (κ2) is 2.53. The summed E-state index contributed by atoms with van der Waals surface area (Å²) in [4.78, 5) is 0. The van der Waals surface area contributed by atoms with Crippen molar-refractivity contribution in [1.82, 2.24) is 9.17 Å². The highest BCUT2D eigenvalue weighted by Crippen LogP contribution is 1.89. The van der Waals surface area contributed by atoms with Gasteiger partial charge < -0.3 is 0 Å². The first kappa shape index (κ1) is 6.82. The molecule has 1 rings (SSSR count). The van der Waals surface area contributed by atoms with Crippen LogP contribution in [0.5, 0.6) is 0 Å². The van der Waals surface area contributed by atoms with Crippen LogP contribution in [0.15, 0.2) is 4.40 Å². The molecule has 0 spiro atoms. The van der Waals surface area contributed by atoms with Crippen LogP contribution < -0.4 is 4.67 Å². The minimum absolute atomic E-state index is 0.876. The van der Waals surface area contributed by atoms with Gasteiger partial charge in [0.15, 0.2) is 4.67 Å². The molecule has 50 valence electrons. The van der Waals surface area contributed by atoms with Crippen LogP contribution in [0.1, 0.15) is 5.69 Å². The van der Waals surface area contributed by atoms with Crippen molar-refractivity contribution < 1.29 is 0 Å². The van der Waals surface area contributed by atoms with Gasteiger partial charge in [0.2, 0.25) is 0 Å². The first-order valence-electron chi connectivity index (χ1n) is 2.43. The Hall–Kier alpha value is -0.290. The second-order valence-electron chi connectivity index (χ2n) is 1.65. The van der Waals surface area contributed by atoms with Gasteiger partial charge in [0.25, 0.3) is 0 Å². The van der Waals surface area contributed by atoms with Crippen molar-refractivity contribution in [3.63, 3.8) is 0 Å². The van der Waals surface area contributed by atoms with E-state index in [1.54, 1.807) is 4.07 Å². The predicted octanol–water partition coefficient (Wildman–Crippen LogP) is 0.536. The van der Waals surface area contributed by atoms with E-state index in [4.69, 9.17) is 0 Å². The molecule has 0 N–H and O–H groups in total. The van der Waals surface area contributed by atoms with Crippen molar-refractivity contribution in [3.05, 3.63) is 10.4 Å². The minimum Gasteiger partial charge on any atom is -0.220 e. The lowest BCUT2D eigenvalue weighted by molar-refractivity contribution is 0.821. The van der Waals surface area contributed by atoms with Crippen molar-refractivity contribution in [1.29, 1.82) is 0 Å². The summed E-state index contributed by atoms with van der Waals surface area (Å²) < 4.78 is 6.35. The van der Waals surface area contributed by atoms with Gasteiger partial charge in [-0.1, -0.05) is 0 Å². The molecule has 0 aliphatic carbocycles.